The van der Waals surface area contributed by atoms with Gasteiger partial charge in [0.2, 0.25) is 0 Å². The molecule has 0 saturated heterocycles. The maximum Gasteiger partial charge on any atom is 0.143 e. The van der Waals surface area contributed by atoms with Gasteiger partial charge in [-0.3, -0.25) is 0 Å². The first-order valence-corrected chi connectivity index (χ1v) is 4.89. The predicted molar refractivity (Wildman–Crippen MR) is 49.6 cm³/mol. The van der Waals surface area contributed by atoms with Crippen molar-refractivity contribution in [2.45, 2.75) is 5.33 Å². The van der Waals surface area contributed by atoms with E-state index in [0.29, 0.717) is 5.15 Å². The molecule has 0 fully saturated rings. The van der Waals surface area contributed by atoms with Crippen LogP contribution in [0.4, 0.5) is 0 Å². The van der Waals surface area contributed by atoms with Crippen molar-refractivity contribution >= 4 is 43.5 Å². The molecule has 0 bridgehead atoms. The lowest BCUT2D eigenvalue weighted by Gasteiger charge is -1.96. The van der Waals surface area contributed by atoms with Gasteiger partial charge in [-0.05, 0) is 27.6 Å². The third kappa shape index (κ3) is 1.94. The molecule has 1 rings (SSSR count). The van der Waals surface area contributed by atoms with Crippen LogP contribution in [-0.2, 0) is 5.33 Å². The fourth-order valence-electron chi connectivity index (χ4n) is 0.534. The summed E-state index contributed by atoms with van der Waals surface area (Å²) < 4.78 is 0.839. The van der Waals surface area contributed by atoms with Crippen LogP contribution in [0.25, 0.3) is 0 Å². The Bertz CT molecular complexity index is 239. The summed E-state index contributed by atoms with van der Waals surface area (Å²) in [7, 11) is 0. The lowest BCUT2D eigenvalue weighted by Crippen LogP contribution is -1.81. The fraction of sp³-hybridized carbons (Fsp3) is 0.167. The second-order valence-electron chi connectivity index (χ2n) is 1.75. The zero-order valence-corrected chi connectivity index (χ0v) is 8.87. The van der Waals surface area contributed by atoms with Crippen LogP contribution in [0.3, 0.4) is 0 Å². The maximum atomic E-state index is 5.66. The van der Waals surface area contributed by atoms with Crippen LogP contribution in [0.2, 0.25) is 5.15 Å². The second kappa shape index (κ2) is 3.69. The molecule has 0 atom stereocenters. The van der Waals surface area contributed by atoms with Crippen LogP contribution in [0.1, 0.15) is 5.56 Å². The third-order valence-electron chi connectivity index (χ3n) is 1.01. The SMILES string of the molecule is Clc1ncc(CBr)cc1Br. The highest BCUT2D eigenvalue weighted by Crippen LogP contribution is 2.21. The number of hydrogen-bond donors (Lipinski definition) is 0. The molecule has 4 heteroatoms. The number of pyridine rings is 1. The molecule has 10 heavy (non-hydrogen) atoms. The number of halogens is 3. The van der Waals surface area contributed by atoms with E-state index in [1.807, 2.05) is 6.07 Å². The highest BCUT2D eigenvalue weighted by Gasteiger charge is 1.97. The van der Waals surface area contributed by atoms with Crippen LogP contribution in [0.5, 0.6) is 0 Å². The van der Waals surface area contributed by atoms with Crippen LogP contribution in [-0.4, -0.2) is 4.98 Å². The Morgan fingerprint density at radius 2 is 2.30 bits per heavy atom. The molecular formula is C6H4Br2ClN. The van der Waals surface area contributed by atoms with Gasteiger partial charge in [-0.1, -0.05) is 27.5 Å². The monoisotopic (exact) mass is 283 g/mol. The summed E-state index contributed by atoms with van der Waals surface area (Å²) >= 11 is 12.2. The summed E-state index contributed by atoms with van der Waals surface area (Å²) in [5.74, 6) is 0. The molecule has 0 aliphatic heterocycles. The van der Waals surface area contributed by atoms with E-state index in [1.165, 1.54) is 0 Å². The number of nitrogens with zero attached hydrogens (tertiary/aromatic N) is 1. The van der Waals surface area contributed by atoms with Crippen LogP contribution in [0, 0.1) is 0 Å². The topological polar surface area (TPSA) is 12.9 Å². The van der Waals surface area contributed by atoms with Crippen molar-refractivity contribution in [3.05, 3.63) is 27.5 Å². The van der Waals surface area contributed by atoms with E-state index in [0.717, 1.165) is 15.4 Å². The van der Waals surface area contributed by atoms with E-state index >= 15 is 0 Å². The first-order chi connectivity index (χ1) is 4.74. The first kappa shape index (κ1) is 8.50. The normalized spacial score (nSPS) is 9.90. The Hall–Kier alpha value is 0.400. The Morgan fingerprint density at radius 1 is 1.60 bits per heavy atom. The van der Waals surface area contributed by atoms with Crippen molar-refractivity contribution in [2.24, 2.45) is 0 Å². The third-order valence-corrected chi connectivity index (χ3v) is 2.79. The van der Waals surface area contributed by atoms with Gasteiger partial charge in [0.05, 0.1) is 4.47 Å². The van der Waals surface area contributed by atoms with Gasteiger partial charge < -0.3 is 0 Å². The highest BCUT2D eigenvalue weighted by atomic mass is 79.9. The smallest absolute Gasteiger partial charge is 0.143 e. The van der Waals surface area contributed by atoms with Crippen molar-refractivity contribution in [2.75, 3.05) is 0 Å². The summed E-state index contributed by atoms with van der Waals surface area (Å²) in [4.78, 5) is 3.94. The van der Waals surface area contributed by atoms with Gasteiger partial charge in [-0.25, -0.2) is 4.98 Å². The Morgan fingerprint density at radius 3 is 2.80 bits per heavy atom. The molecule has 1 aromatic rings. The first-order valence-electron chi connectivity index (χ1n) is 2.60. The van der Waals surface area contributed by atoms with Crippen molar-refractivity contribution in [1.29, 1.82) is 0 Å². The van der Waals surface area contributed by atoms with Gasteiger partial charge >= 0.3 is 0 Å². The highest BCUT2D eigenvalue weighted by molar-refractivity contribution is 9.10. The standard InChI is InChI=1S/C6H4Br2ClN/c7-2-4-1-5(8)6(9)10-3-4/h1,3H,2H2. The molecule has 1 nitrogen and oxygen atoms in total. The van der Waals surface area contributed by atoms with Crippen LogP contribution in [0.15, 0.2) is 16.7 Å². The minimum Gasteiger partial charge on any atom is -0.243 e. The van der Waals surface area contributed by atoms with Crippen molar-refractivity contribution < 1.29 is 0 Å². The van der Waals surface area contributed by atoms with E-state index in [9.17, 15) is 0 Å². The van der Waals surface area contributed by atoms with E-state index in [2.05, 4.69) is 36.8 Å². The molecule has 0 unspecified atom stereocenters. The Kier molecular flexibility index (Phi) is 3.14. The molecule has 0 aromatic carbocycles. The number of aromatic nitrogens is 1. The predicted octanol–water partition coefficient (Wildman–Crippen LogP) is 3.39. The molecule has 0 aliphatic carbocycles. The molecule has 1 heterocycles. The summed E-state index contributed by atoms with van der Waals surface area (Å²) in [5, 5.41) is 1.31. The van der Waals surface area contributed by atoms with Gasteiger partial charge in [0.25, 0.3) is 0 Å². The van der Waals surface area contributed by atoms with Crippen molar-refractivity contribution in [3.8, 4) is 0 Å². The molecule has 0 radical (unpaired) electrons. The minimum atomic E-state index is 0.504. The van der Waals surface area contributed by atoms with E-state index < -0.39 is 0 Å². The molecule has 1 aromatic heterocycles. The average Bonchev–Trinajstić information content (AvgIpc) is 1.95. The minimum absolute atomic E-state index is 0.504. The second-order valence-corrected chi connectivity index (χ2v) is 3.52. The molecule has 54 valence electrons. The fourth-order valence-corrected chi connectivity index (χ4v) is 1.34. The average molecular weight is 285 g/mol. The van der Waals surface area contributed by atoms with Gasteiger partial charge in [0.1, 0.15) is 5.15 Å². The van der Waals surface area contributed by atoms with E-state index in [-0.39, 0.29) is 0 Å². The lowest BCUT2D eigenvalue weighted by atomic mass is 10.3. The molecule has 0 N–H and O–H groups in total. The Balaban J connectivity index is 3.04. The van der Waals surface area contributed by atoms with E-state index in [1.54, 1.807) is 6.20 Å². The van der Waals surface area contributed by atoms with Gasteiger partial charge in [0.15, 0.2) is 0 Å². The quantitative estimate of drug-likeness (QED) is 0.569. The largest absolute Gasteiger partial charge is 0.243 e. The van der Waals surface area contributed by atoms with Gasteiger partial charge in [-0.15, -0.1) is 0 Å². The number of rotatable bonds is 1. The molecule has 0 aliphatic rings. The van der Waals surface area contributed by atoms with E-state index in [4.69, 9.17) is 11.6 Å². The maximum absolute atomic E-state index is 5.66. The summed E-state index contributed by atoms with van der Waals surface area (Å²) in [6.07, 6.45) is 1.74. The van der Waals surface area contributed by atoms with Gasteiger partial charge in [0, 0.05) is 11.5 Å². The summed E-state index contributed by atoms with van der Waals surface area (Å²) in [5.41, 5.74) is 1.11. The zero-order chi connectivity index (χ0) is 7.56. The van der Waals surface area contributed by atoms with Crippen LogP contribution < -0.4 is 0 Å². The Labute approximate surface area is 81.1 Å². The molecule has 0 saturated carbocycles. The zero-order valence-electron chi connectivity index (χ0n) is 4.94. The molecule has 0 spiro atoms. The van der Waals surface area contributed by atoms with Crippen LogP contribution >= 0.6 is 43.5 Å². The van der Waals surface area contributed by atoms with Gasteiger partial charge in [-0.2, -0.15) is 0 Å². The molecule has 0 amide bonds. The lowest BCUT2D eigenvalue weighted by molar-refractivity contribution is 1.24. The van der Waals surface area contributed by atoms with Crippen molar-refractivity contribution in [3.63, 3.8) is 0 Å². The summed E-state index contributed by atoms with van der Waals surface area (Å²) in [6.45, 7) is 0. The summed E-state index contributed by atoms with van der Waals surface area (Å²) in [6, 6.07) is 1.93. The number of alkyl halides is 1. The molecular weight excluding hydrogens is 281 g/mol. The van der Waals surface area contributed by atoms with Crippen molar-refractivity contribution in [1.82, 2.24) is 4.98 Å². The number of hydrogen-bond acceptors (Lipinski definition) is 1.